The minimum absolute atomic E-state index is 0.199. The highest BCUT2D eigenvalue weighted by Crippen LogP contribution is 2.13. The summed E-state index contributed by atoms with van der Waals surface area (Å²) in [4.78, 5) is 11.0. The number of carboxylic acids is 1. The molecule has 0 aromatic heterocycles. The van der Waals surface area contributed by atoms with Crippen molar-refractivity contribution >= 4 is 17.7 Å². The number of benzene rings is 1. The first-order valence-corrected chi connectivity index (χ1v) is 7.35. The molecule has 2 N–H and O–H groups in total. The molecule has 3 nitrogen and oxygen atoms in total. The molecule has 18 heavy (non-hydrogen) atoms. The highest BCUT2D eigenvalue weighted by molar-refractivity contribution is 7.98. The van der Waals surface area contributed by atoms with E-state index < -0.39 is 12.0 Å². The van der Waals surface area contributed by atoms with E-state index in [1.807, 2.05) is 32.0 Å². The van der Waals surface area contributed by atoms with E-state index in [-0.39, 0.29) is 6.04 Å². The molecule has 4 heteroatoms. The van der Waals surface area contributed by atoms with Crippen molar-refractivity contribution in [3.05, 3.63) is 35.9 Å². The maximum Gasteiger partial charge on any atom is 0.320 e. The molecule has 1 aromatic rings. The largest absolute Gasteiger partial charge is 0.480 e. The number of carbonyl (C=O) groups is 1. The van der Waals surface area contributed by atoms with Crippen LogP contribution >= 0.6 is 11.8 Å². The van der Waals surface area contributed by atoms with Crippen LogP contribution in [0.5, 0.6) is 0 Å². The highest BCUT2D eigenvalue weighted by atomic mass is 32.2. The van der Waals surface area contributed by atoms with Gasteiger partial charge in [-0.15, -0.1) is 0 Å². The van der Waals surface area contributed by atoms with Gasteiger partial charge in [0.2, 0.25) is 0 Å². The van der Waals surface area contributed by atoms with Gasteiger partial charge in [0.15, 0.2) is 0 Å². The number of hydrogen-bond acceptors (Lipinski definition) is 3. The lowest BCUT2D eigenvalue weighted by molar-refractivity contribution is -0.139. The molecule has 1 unspecified atom stereocenters. The van der Waals surface area contributed by atoms with E-state index in [4.69, 9.17) is 5.11 Å². The summed E-state index contributed by atoms with van der Waals surface area (Å²) < 4.78 is 0. The minimum Gasteiger partial charge on any atom is -0.480 e. The van der Waals surface area contributed by atoms with Crippen molar-refractivity contribution in [2.75, 3.05) is 5.75 Å². The first-order valence-electron chi connectivity index (χ1n) is 6.20. The van der Waals surface area contributed by atoms with Crippen molar-refractivity contribution in [1.82, 2.24) is 5.32 Å². The zero-order valence-corrected chi connectivity index (χ0v) is 11.7. The number of hydrogen-bond donors (Lipinski definition) is 2. The molecule has 0 fully saturated rings. The van der Waals surface area contributed by atoms with Crippen molar-refractivity contribution in [1.29, 1.82) is 0 Å². The Kier molecular flexibility index (Phi) is 6.83. The molecule has 0 aliphatic carbocycles. The molecule has 1 aromatic carbocycles. The number of rotatable bonds is 8. The molecule has 0 amide bonds. The van der Waals surface area contributed by atoms with E-state index in [1.165, 1.54) is 5.56 Å². The summed E-state index contributed by atoms with van der Waals surface area (Å²) in [5.74, 6) is 1.03. The molecule has 0 aliphatic rings. The van der Waals surface area contributed by atoms with E-state index >= 15 is 0 Å². The molecular weight excluding hydrogens is 246 g/mol. The van der Waals surface area contributed by atoms with Crippen LogP contribution < -0.4 is 5.32 Å². The summed E-state index contributed by atoms with van der Waals surface area (Å²) in [6, 6.07) is 9.99. The normalized spacial score (nSPS) is 12.6. The predicted octanol–water partition coefficient (Wildman–Crippen LogP) is 2.76. The smallest absolute Gasteiger partial charge is 0.320 e. The van der Waals surface area contributed by atoms with Crippen LogP contribution in [-0.2, 0) is 10.5 Å². The molecule has 1 rings (SSSR count). The fraction of sp³-hybridized carbons (Fsp3) is 0.500. The van der Waals surface area contributed by atoms with Gasteiger partial charge in [0.25, 0.3) is 0 Å². The Morgan fingerprint density at radius 2 is 2.00 bits per heavy atom. The summed E-state index contributed by atoms with van der Waals surface area (Å²) in [6.45, 7) is 3.93. The van der Waals surface area contributed by atoms with Gasteiger partial charge in [-0.25, -0.2) is 0 Å². The Hall–Kier alpha value is -1.00. The van der Waals surface area contributed by atoms with Crippen molar-refractivity contribution in [2.45, 2.75) is 38.1 Å². The Balaban J connectivity index is 2.25. The maximum atomic E-state index is 11.0. The minimum atomic E-state index is -0.760. The van der Waals surface area contributed by atoms with Crippen LogP contribution in [0.15, 0.2) is 30.3 Å². The summed E-state index contributed by atoms with van der Waals surface area (Å²) in [7, 11) is 0. The topological polar surface area (TPSA) is 49.3 Å². The van der Waals surface area contributed by atoms with E-state index in [1.54, 1.807) is 11.8 Å². The van der Waals surface area contributed by atoms with E-state index in [0.29, 0.717) is 6.42 Å². The molecule has 0 saturated carbocycles. The predicted molar refractivity (Wildman–Crippen MR) is 76.9 cm³/mol. The van der Waals surface area contributed by atoms with Gasteiger partial charge in [0.1, 0.15) is 6.04 Å². The second kappa shape index (κ2) is 8.16. The maximum absolute atomic E-state index is 11.0. The monoisotopic (exact) mass is 267 g/mol. The third-order valence-corrected chi connectivity index (χ3v) is 3.56. The molecule has 0 aliphatic heterocycles. The van der Waals surface area contributed by atoms with Crippen LogP contribution in [0.25, 0.3) is 0 Å². The molecule has 100 valence electrons. The number of aliphatic carboxylic acids is 1. The lowest BCUT2D eigenvalue weighted by atomic mass is 10.2. The summed E-state index contributed by atoms with van der Waals surface area (Å²) in [5.41, 5.74) is 1.28. The Bertz CT molecular complexity index is 354. The van der Waals surface area contributed by atoms with Crippen LogP contribution in [0.1, 0.15) is 25.8 Å². The van der Waals surface area contributed by atoms with E-state index in [9.17, 15) is 4.79 Å². The lowest BCUT2D eigenvalue weighted by Gasteiger charge is -2.16. The summed E-state index contributed by atoms with van der Waals surface area (Å²) in [6.07, 6.45) is 0.658. The molecule has 0 spiro atoms. The van der Waals surface area contributed by atoms with Crippen molar-refractivity contribution < 1.29 is 9.90 Å². The first-order chi connectivity index (χ1) is 8.59. The first kappa shape index (κ1) is 15.1. The second-order valence-corrected chi connectivity index (χ2v) is 5.64. The average Bonchev–Trinajstić information content (AvgIpc) is 2.33. The molecule has 0 saturated heterocycles. The quantitative estimate of drug-likeness (QED) is 0.711. The van der Waals surface area contributed by atoms with Gasteiger partial charge < -0.3 is 10.4 Å². The third kappa shape index (κ3) is 6.07. The number of carboxylic acid groups (broad SMARTS) is 1. The van der Waals surface area contributed by atoms with Crippen molar-refractivity contribution in [3.63, 3.8) is 0 Å². The van der Waals surface area contributed by atoms with E-state index in [0.717, 1.165) is 11.5 Å². The highest BCUT2D eigenvalue weighted by Gasteiger charge is 2.17. The van der Waals surface area contributed by atoms with Crippen LogP contribution in [0.3, 0.4) is 0 Å². The van der Waals surface area contributed by atoms with Gasteiger partial charge >= 0.3 is 5.97 Å². The summed E-state index contributed by atoms with van der Waals surface area (Å²) >= 11 is 1.78. The number of nitrogens with one attached hydrogen (secondary N) is 1. The van der Waals surface area contributed by atoms with Gasteiger partial charge in [-0.3, -0.25) is 4.79 Å². The second-order valence-electron chi connectivity index (χ2n) is 4.54. The van der Waals surface area contributed by atoms with Crippen LogP contribution in [0.4, 0.5) is 0 Å². The lowest BCUT2D eigenvalue weighted by Crippen LogP contribution is -2.41. The van der Waals surface area contributed by atoms with Crippen molar-refractivity contribution in [3.8, 4) is 0 Å². The van der Waals surface area contributed by atoms with Crippen LogP contribution in [0, 0.1) is 0 Å². The SMILES string of the molecule is CC(C)NC(CCSCc1ccccc1)C(=O)O. The molecule has 0 bridgehead atoms. The van der Waals surface area contributed by atoms with Gasteiger partial charge in [0, 0.05) is 11.8 Å². The molecular formula is C14H21NO2S. The van der Waals surface area contributed by atoms with Gasteiger partial charge in [0.05, 0.1) is 0 Å². The van der Waals surface area contributed by atoms with Crippen molar-refractivity contribution in [2.24, 2.45) is 0 Å². The van der Waals surface area contributed by atoms with Crippen LogP contribution in [0.2, 0.25) is 0 Å². The zero-order valence-electron chi connectivity index (χ0n) is 10.9. The van der Waals surface area contributed by atoms with E-state index in [2.05, 4.69) is 17.4 Å². The van der Waals surface area contributed by atoms with Gasteiger partial charge in [-0.1, -0.05) is 44.2 Å². The fourth-order valence-electron chi connectivity index (χ4n) is 1.65. The Morgan fingerprint density at radius 1 is 1.33 bits per heavy atom. The number of thioether (sulfide) groups is 1. The van der Waals surface area contributed by atoms with Gasteiger partial charge in [-0.2, -0.15) is 11.8 Å². The molecule has 1 atom stereocenters. The average molecular weight is 267 g/mol. The molecule has 0 radical (unpaired) electrons. The molecule has 0 heterocycles. The Labute approximate surface area is 113 Å². The van der Waals surface area contributed by atoms with Gasteiger partial charge in [-0.05, 0) is 17.7 Å². The standard InChI is InChI=1S/C14H21NO2S/c1-11(2)15-13(14(16)17)8-9-18-10-12-6-4-3-5-7-12/h3-7,11,13,15H,8-10H2,1-2H3,(H,16,17). The summed E-state index contributed by atoms with van der Waals surface area (Å²) in [5, 5.41) is 12.1. The zero-order chi connectivity index (χ0) is 13.4. The third-order valence-electron chi connectivity index (χ3n) is 2.50. The Morgan fingerprint density at radius 3 is 2.56 bits per heavy atom. The van der Waals surface area contributed by atoms with Crippen LogP contribution in [-0.4, -0.2) is 28.9 Å². The fourth-order valence-corrected chi connectivity index (χ4v) is 2.62.